The molecule has 0 saturated carbocycles. The monoisotopic (exact) mass is 385 g/mol. The molecule has 10 heteroatoms. The molecule has 1 aliphatic heterocycles. The maximum atomic E-state index is 12.6. The second-order valence-electron chi connectivity index (χ2n) is 5.59. The fourth-order valence-corrected chi connectivity index (χ4v) is 3.56. The zero-order valence-electron chi connectivity index (χ0n) is 14.2. The van der Waals surface area contributed by atoms with E-state index in [2.05, 4.69) is 4.98 Å². The van der Waals surface area contributed by atoms with E-state index in [4.69, 9.17) is 9.15 Å². The van der Waals surface area contributed by atoms with Gasteiger partial charge in [0.25, 0.3) is 6.43 Å². The number of thiazole rings is 1. The second-order valence-corrected chi connectivity index (χ2v) is 6.57. The predicted molar refractivity (Wildman–Crippen MR) is 89.6 cm³/mol. The molecule has 0 bridgehead atoms. The van der Waals surface area contributed by atoms with Crippen LogP contribution in [-0.2, 0) is 11.3 Å². The molecule has 0 spiro atoms. The molecular formula is C16H17F2N3O4S. The summed E-state index contributed by atoms with van der Waals surface area (Å²) in [6.07, 6.45) is -2.69. The van der Waals surface area contributed by atoms with Crippen molar-refractivity contribution in [3.05, 3.63) is 34.2 Å². The highest BCUT2D eigenvalue weighted by molar-refractivity contribution is 7.17. The van der Waals surface area contributed by atoms with Crippen molar-refractivity contribution in [1.82, 2.24) is 9.88 Å². The van der Waals surface area contributed by atoms with Crippen LogP contribution in [0, 0.1) is 6.92 Å². The molecule has 140 valence electrons. The Morgan fingerprint density at radius 2 is 2.19 bits per heavy atom. The quantitative estimate of drug-likeness (QED) is 0.710. The van der Waals surface area contributed by atoms with Crippen molar-refractivity contribution in [2.75, 3.05) is 24.6 Å². The number of halogens is 2. The zero-order valence-corrected chi connectivity index (χ0v) is 15.0. The molecule has 3 rings (SSSR count). The molecule has 1 fully saturated rings. The summed E-state index contributed by atoms with van der Waals surface area (Å²) in [6, 6.07) is 2.32. The molecule has 26 heavy (non-hydrogen) atoms. The summed E-state index contributed by atoms with van der Waals surface area (Å²) in [5.41, 5.74) is 0.502. The van der Waals surface area contributed by atoms with Crippen LogP contribution in [0.3, 0.4) is 0 Å². The van der Waals surface area contributed by atoms with E-state index in [1.165, 1.54) is 21.9 Å². The largest absolute Gasteiger partial charge is 0.462 e. The van der Waals surface area contributed by atoms with Crippen LogP contribution >= 0.6 is 11.3 Å². The number of furan rings is 1. The molecule has 1 aliphatic rings. The third-order valence-electron chi connectivity index (χ3n) is 3.82. The molecule has 2 aromatic rings. The normalized spacial score (nSPS) is 14.6. The Morgan fingerprint density at radius 1 is 1.42 bits per heavy atom. The van der Waals surface area contributed by atoms with E-state index >= 15 is 0 Å². The van der Waals surface area contributed by atoms with E-state index in [-0.39, 0.29) is 24.9 Å². The van der Waals surface area contributed by atoms with Gasteiger partial charge in [-0.3, -0.25) is 4.90 Å². The number of carbonyl (C=O) groups excluding carboxylic acids is 2. The molecule has 0 radical (unpaired) electrons. The average molecular weight is 385 g/mol. The number of nitrogens with zero attached hydrogens (tertiary/aromatic N) is 3. The van der Waals surface area contributed by atoms with Crippen LogP contribution in [0.1, 0.15) is 40.2 Å². The topological polar surface area (TPSA) is 75.9 Å². The van der Waals surface area contributed by atoms with E-state index in [0.717, 1.165) is 11.3 Å². The van der Waals surface area contributed by atoms with Gasteiger partial charge in [-0.05, 0) is 26.0 Å². The summed E-state index contributed by atoms with van der Waals surface area (Å²) in [5, 5.41) is 0.408. The van der Waals surface area contributed by atoms with E-state index in [1.54, 1.807) is 13.8 Å². The van der Waals surface area contributed by atoms with Crippen LogP contribution in [0.5, 0.6) is 0 Å². The van der Waals surface area contributed by atoms with Crippen LogP contribution in [0.4, 0.5) is 18.7 Å². The smallest absolute Gasteiger partial charge is 0.350 e. The Balaban J connectivity index is 1.70. The number of esters is 1. The second kappa shape index (κ2) is 7.40. The van der Waals surface area contributed by atoms with Gasteiger partial charge in [0.2, 0.25) is 0 Å². The van der Waals surface area contributed by atoms with Gasteiger partial charge in [0.15, 0.2) is 10.9 Å². The lowest BCUT2D eigenvalue weighted by atomic mass is 10.4. The first kappa shape index (κ1) is 18.3. The first-order valence-corrected chi connectivity index (χ1v) is 8.80. The highest BCUT2D eigenvalue weighted by Crippen LogP contribution is 2.30. The van der Waals surface area contributed by atoms with E-state index in [1.807, 2.05) is 0 Å². The summed E-state index contributed by atoms with van der Waals surface area (Å²) in [5.74, 6) is -0.594. The molecule has 2 amide bonds. The molecule has 2 aromatic heterocycles. The summed E-state index contributed by atoms with van der Waals surface area (Å²) >= 11 is 1.10. The van der Waals surface area contributed by atoms with Crippen molar-refractivity contribution in [2.45, 2.75) is 26.8 Å². The highest BCUT2D eigenvalue weighted by atomic mass is 32.1. The number of rotatable bonds is 6. The number of urea groups is 1. The minimum absolute atomic E-state index is 0.0944. The number of carbonyl (C=O) groups is 2. The number of amides is 2. The van der Waals surface area contributed by atoms with Crippen molar-refractivity contribution < 1.29 is 27.5 Å². The maximum absolute atomic E-state index is 12.6. The number of hydrogen-bond acceptors (Lipinski definition) is 6. The van der Waals surface area contributed by atoms with Gasteiger partial charge in [0, 0.05) is 13.1 Å². The first-order valence-electron chi connectivity index (χ1n) is 7.98. The number of aromatic nitrogens is 1. The lowest BCUT2D eigenvalue weighted by Gasteiger charge is -2.15. The van der Waals surface area contributed by atoms with Crippen LogP contribution in [-0.4, -0.2) is 41.6 Å². The Bertz CT molecular complexity index is 820. The van der Waals surface area contributed by atoms with Gasteiger partial charge in [-0.2, -0.15) is 0 Å². The lowest BCUT2D eigenvalue weighted by molar-refractivity contribution is 0.0531. The number of alkyl halides is 2. The third kappa shape index (κ3) is 3.55. The minimum Gasteiger partial charge on any atom is -0.462 e. The van der Waals surface area contributed by atoms with Crippen molar-refractivity contribution in [3.63, 3.8) is 0 Å². The molecule has 1 saturated heterocycles. The number of hydrogen-bond donors (Lipinski definition) is 0. The van der Waals surface area contributed by atoms with Crippen LogP contribution in [0.15, 0.2) is 16.5 Å². The van der Waals surface area contributed by atoms with E-state index in [0.29, 0.717) is 28.8 Å². The third-order valence-corrected chi connectivity index (χ3v) is 4.98. The highest BCUT2D eigenvalue weighted by Gasteiger charge is 2.33. The number of aryl methyl sites for hydroxylation is 1. The minimum atomic E-state index is -2.69. The standard InChI is InChI=1S/C16H17F2N3O4S/c1-3-24-14(22)12-9(2)19-15(26-12)21-7-6-20(16(21)23)8-10-4-5-11(25-10)13(17)18/h4-5,13H,3,6-8H2,1-2H3. The summed E-state index contributed by atoms with van der Waals surface area (Å²) in [7, 11) is 0. The number of ether oxygens (including phenoxy) is 1. The fourth-order valence-electron chi connectivity index (χ4n) is 2.58. The van der Waals surface area contributed by atoms with Crippen molar-refractivity contribution in [1.29, 1.82) is 0 Å². The summed E-state index contributed by atoms with van der Waals surface area (Å²) in [4.78, 5) is 32.1. The summed E-state index contributed by atoms with van der Waals surface area (Å²) in [6.45, 7) is 4.53. The van der Waals surface area contributed by atoms with Gasteiger partial charge in [-0.1, -0.05) is 11.3 Å². The Kier molecular flexibility index (Phi) is 5.21. The van der Waals surface area contributed by atoms with Crippen molar-refractivity contribution in [3.8, 4) is 0 Å². The van der Waals surface area contributed by atoms with Crippen LogP contribution in [0.25, 0.3) is 0 Å². The van der Waals surface area contributed by atoms with Crippen LogP contribution in [0.2, 0.25) is 0 Å². The lowest BCUT2D eigenvalue weighted by Crippen LogP contribution is -2.31. The van der Waals surface area contributed by atoms with E-state index in [9.17, 15) is 18.4 Å². The molecular weight excluding hydrogens is 368 g/mol. The molecule has 3 heterocycles. The molecule has 0 aromatic carbocycles. The van der Waals surface area contributed by atoms with Gasteiger partial charge in [0.1, 0.15) is 10.6 Å². The Morgan fingerprint density at radius 3 is 2.85 bits per heavy atom. The molecule has 0 aliphatic carbocycles. The Hall–Kier alpha value is -2.49. The molecule has 7 nitrogen and oxygen atoms in total. The Labute approximate surface area is 152 Å². The van der Waals surface area contributed by atoms with Crippen LogP contribution < -0.4 is 4.90 Å². The molecule has 0 unspecified atom stereocenters. The van der Waals surface area contributed by atoms with Gasteiger partial charge in [-0.15, -0.1) is 0 Å². The van der Waals surface area contributed by atoms with Gasteiger partial charge in [0.05, 0.1) is 18.8 Å². The van der Waals surface area contributed by atoms with Crippen molar-refractivity contribution in [2.24, 2.45) is 0 Å². The zero-order chi connectivity index (χ0) is 18.8. The molecule has 0 atom stereocenters. The van der Waals surface area contributed by atoms with Gasteiger partial charge < -0.3 is 14.1 Å². The van der Waals surface area contributed by atoms with Crippen molar-refractivity contribution >= 4 is 28.5 Å². The van der Waals surface area contributed by atoms with Gasteiger partial charge in [-0.25, -0.2) is 23.4 Å². The summed E-state index contributed by atoms with van der Waals surface area (Å²) < 4.78 is 35.2. The van der Waals surface area contributed by atoms with Gasteiger partial charge >= 0.3 is 12.0 Å². The fraction of sp³-hybridized carbons (Fsp3) is 0.438. The predicted octanol–water partition coefficient (Wildman–Crippen LogP) is 3.60. The SMILES string of the molecule is CCOC(=O)c1sc(N2CCN(Cc3ccc(C(F)F)o3)C2=O)nc1C. The maximum Gasteiger partial charge on any atom is 0.350 e. The average Bonchev–Trinajstić information content (AvgIpc) is 3.28. The van der Waals surface area contributed by atoms with E-state index < -0.39 is 18.2 Å². The first-order chi connectivity index (χ1) is 12.4. The number of anilines is 1. The molecule has 0 N–H and O–H groups in total.